The predicted octanol–water partition coefficient (Wildman–Crippen LogP) is 3.13. The number of carbonyl (C=O) groups is 2. The van der Waals surface area contributed by atoms with Crippen molar-refractivity contribution in [3.8, 4) is 5.75 Å². The van der Waals surface area contributed by atoms with Gasteiger partial charge in [-0.3, -0.25) is 19.7 Å². The number of hydrogen-bond donors (Lipinski definition) is 0. The third-order valence-corrected chi connectivity index (χ3v) is 4.91. The van der Waals surface area contributed by atoms with E-state index in [2.05, 4.69) is 0 Å². The summed E-state index contributed by atoms with van der Waals surface area (Å²) in [6.07, 6.45) is 0. The third kappa shape index (κ3) is 3.63. The van der Waals surface area contributed by atoms with Gasteiger partial charge in [0.15, 0.2) is 0 Å². The smallest absolute Gasteiger partial charge is 0.269 e. The Kier molecular flexibility index (Phi) is 5.51. The molecular weight excluding hydrogens is 386 g/mol. The molecule has 8 nitrogen and oxygen atoms in total. The number of ether oxygens (including phenoxy) is 1. The van der Waals surface area contributed by atoms with Crippen LogP contribution >= 0.6 is 11.6 Å². The number of hydrogen-bond acceptors (Lipinski definition) is 5. The molecule has 2 aromatic carbocycles. The largest absolute Gasteiger partial charge is 0.495 e. The van der Waals surface area contributed by atoms with Gasteiger partial charge in [-0.25, -0.2) is 0 Å². The zero-order valence-electron chi connectivity index (χ0n) is 15.3. The minimum atomic E-state index is -0.708. The third-order valence-electron chi connectivity index (χ3n) is 4.67. The van der Waals surface area contributed by atoms with Crippen molar-refractivity contribution >= 4 is 34.8 Å². The van der Waals surface area contributed by atoms with Gasteiger partial charge in [0.1, 0.15) is 11.8 Å². The molecule has 1 aliphatic rings. The van der Waals surface area contributed by atoms with Crippen molar-refractivity contribution in [1.29, 1.82) is 0 Å². The number of anilines is 1. The first kappa shape index (κ1) is 19.6. The number of piperazine rings is 1. The Bertz CT molecular complexity index is 932. The number of benzene rings is 2. The summed E-state index contributed by atoms with van der Waals surface area (Å²) >= 11 is 6.07. The van der Waals surface area contributed by atoms with E-state index >= 15 is 0 Å². The summed E-state index contributed by atoms with van der Waals surface area (Å²) in [5.74, 6) is -0.101. The number of rotatable bonds is 4. The summed E-state index contributed by atoms with van der Waals surface area (Å²) in [5.41, 5.74) is 0.742. The maximum Gasteiger partial charge on any atom is 0.269 e. The van der Waals surface area contributed by atoms with Gasteiger partial charge in [-0.15, -0.1) is 0 Å². The molecule has 0 radical (unpaired) electrons. The highest BCUT2D eigenvalue weighted by Crippen LogP contribution is 2.33. The van der Waals surface area contributed by atoms with Crippen LogP contribution in [0.25, 0.3) is 0 Å². The van der Waals surface area contributed by atoms with E-state index in [0.717, 1.165) is 0 Å². The number of nitro groups is 1. The highest BCUT2D eigenvalue weighted by atomic mass is 35.5. The van der Waals surface area contributed by atoms with E-state index in [1.165, 1.54) is 36.3 Å². The number of non-ortho nitro benzene ring substituents is 1. The molecule has 0 aromatic heterocycles. The standard InChI is InChI=1S/C19H18ClN3O5/c1-12-18(24)22(16-11-14(20)5-8-17(16)28-2)10-9-21(12)19(25)13-3-6-15(7-4-13)23(26)27/h3-8,11-12H,9-10H2,1-2H3/t12-/m0/s1. The van der Waals surface area contributed by atoms with Crippen molar-refractivity contribution in [2.24, 2.45) is 0 Å². The van der Waals surface area contributed by atoms with E-state index in [-0.39, 0.29) is 24.0 Å². The molecule has 1 atom stereocenters. The molecule has 0 unspecified atom stereocenters. The van der Waals surface area contributed by atoms with Crippen molar-refractivity contribution in [3.63, 3.8) is 0 Å². The molecule has 146 valence electrons. The van der Waals surface area contributed by atoms with E-state index in [1.807, 2.05) is 0 Å². The van der Waals surface area contributed by atoms with Crippen LogP contribution in [0.3, 0.4) is 0 Å². The molecule has 1 saturated heterocycles. The molecule has 9 heteroatoms. The number of methoxy groups -OCH3 is 1. The molecule has 28 heavy (non-hydrogen) atoms. The monoisotopic (exact) mass is 403 g/mol. The molecule has 0 saturated carbocycles. The van der Waals surface area contributed by atoms with Crippen molar-refractivity contribution < 1.29 is 19.2 Å². The number of nitro benzene ring substituents is 1. The average molecular weight is 404 g/mol. The Labute approximate surface area is 166 Å². The summed E-state index contributed by atoms with van der Waals surface area (Å²) in [6.45, 7) is 2.23. The molecule has 3 rings (SSSR count). The first-order chi connectivity index (χ1) is 13.3. The van der Waals surface area contributed by atoms with Crippen molar-refractivity contribution in [3.05, 3.63) is 63.2 Å². The molecule has 2 aromatic rings. The predicted molar refractivity (Wildman–Crippen MR) is 104 cm³/mol. The van der Waals surface area contributed by atoms with Crippen LogP contribution in [0.4, 0.5) is 11.4 Å². The first-order valence-corrected chi connectivity index (χ1v) is 8.91. The Morgan fingerprint density at radius 3 is 2.50 bits per heavy atom. The van der Waals surface area contributed by atoms with Crippen LogP contribution in [-0.2, 0) is 4.79 Å². The lowest BCUT2D eigenvalue weighted by atomic mass is 10.1. The van der Waals surface area contributed by atoms with E-state index in [4.69, 9.17) is 16.3 Å². The van der Waals surface area contributed by atoms with Gasteiger partial charge in [0, 0.05) is 35.8 Å². The zero-order valence-corrected chi connectivity index (χ0v) is 16.0. The second-order valence-electron chi connectivity index (χ2n) is 6.28. The van der Waals surface area contributed by atoms with Crippen LogP contribution in [0.5, 0.6) is 5.75 Å². The fraction of sp³-hybridized carbons (Fsp3) is 0.263. The van der Waals surface area contributed by atoms with Crippen LogP contribution in [0, 0.1) is 10.1 Å². The van der Waals surface area contributed by atoms with Gasteiger partial charge in [0.2, 0.25) is 5.91 Å². The second kappa shape index (κ2) is 7.85. The fourth-order valence-electron chi connectivity index (χ4n) is 3.15. The molecule has 1 fully saturated rings. The molecule has 0 bridgehead atoms. The Hall–Kier alpha value is -3.13. The van der Waals surface area contributed by atoms with Gasteiger partial charge < -0.3 is 14.5 Å². The molecule has 1 heterocycles. The molecule has 2 amide bonds. The molecule has 0 N–H and O–H groups in total. The van der Waals surface area contributed by atoms with Crippen molar-refractivity contribution in [2.45, 2.75) is 13.0 Å². The van der Waals surface area contributed by atoms with Gasteiger partial charge in [-0.05, 0) is 37.3 Å². The maximum absolute atomic E-state index is 12.9. The van der Waals surface area contributed by atoms with Gasteiger partial charge in [-0.1, -0.05) is 11.6 Å². The van der Waals surface area contributed by atoms with Crippen LogP contribution < -0.4 is 9.64 Å². The van der Waals surface area contributed by atoms with Crippen LogP contribution in [0.2, 0.25) is 5.02 Å². The summed E-state index contributed by atoms with van der Waals surface area (Å²) in [5, 5.41) is 11.2. The molecule has 0 spiro atoms. The number of halogens is 1. The Morgan fingerprint density at radius 2 is 1.89 bits per heavy atom. The minimum Gasteiger partial charge on any atom is -0.495 e. The summed E-state index contributed by atoms with van der Waals surface area (Å²) < 4.78 is 5.32. The lowest BCUT2D eigenvalue weighted by Gasteiger charge is -2.39. The van der Waals surface area contributed by atoms with Crippen molar-refractivity contribution in [1.82, 2.24) is 4.90 Å². The van der Waals surface area contributed by atoms with Gasteiger partial charge in [-0.2, -0.15) is 0 Å². The van der Waals surface area contributed by atoms with E-state index < -0.39 is 11.0 Å². The molecule has 0 aliphatic carbocycles. The quantitative estimate of drug-likeness (QED) is 0.577. The molecular formula is C19H18ClN3O5. The van der Waals surface area contributed by atoms with E-state index in [0.29, 0.717) is 28.6 Å². The number of nitrogens with zero attached hydrogens (tertiary/aromatic N) is 3. The lowest BCUT2D eigenvalue weighted by Crippen LogP contribution is -2.57. The van der Waals surface area contributed by atoms with E-state index in [1.54, 1.807) is 30.0 Å². The normalized spacial score (nSPS) is 16.8. The number of carbonyl (C=O) groups excluding carboxylic acids is 2. The van der Waals surface area contributed by atoms with Gasteiger partial charge in [0.05, 0.1) is 17.7 Å². The SMILES string of the molecule is COc1ccc(Cl)cc1N1CCN(C(=O)c2ccc([N+](=O)[O-])cc2)[C@@H](C)C1=O. The average Bonchev–Trinajstić information content (AvgIpc) is 2.69. The van der Waals surface area contributed by atoms with Crippen LogP contribution in [-0.4, -0.2) is 47.9 Å². The van der Waals surface area contributed by atoms with Crippen LogP contribution in [0.1, 0.15) is 17.3 Å². The second-order valence-corrected chi connectivity index (χ2v) is 6.72. The van der Waals surface area contributed by atoms with Gasteiger partial charge >= 0.3 is 0 Å². The molecule has 1 aliphatic heterocycles. The Morgan fingerprint density at radius 1 is 1.21 bits per heavy atom. The highest BCUT2D eigenvalue weighted by molar-refractivity contribution is 6.31. The lowest BCUT2D eigenvalue weighted by molar-refractivity contribution is -0.384. The summed E-state index contributed by atoms with van der Waals surface area (Å²) in [4.78, 5) is 39.0. The van der Waals surface area contributed by atoms with E-state index in [9.17, 15) is 19.7 Å². The van der Waals surface area contributed by atoms with Crippen molar-refractivity contribution in [2.75, 3.05) is 25.1 Å². The highest BCUT2D eigenvalue weighted by Gasteiger charge is 2.36. The number of amides is 2. The maximum atomic E-state index is 12.9. The first-order valence-electron chi connectivity index (χ1n) is 8.54. The Balaban J connectivity index is 1.82. The van der Waals surface area contributed by atoms with Gasteiger partial charge in [0.25, 0.3) is 11.6 Å². The minimum absolute atomic E-state index is 0.0986. The zero-order chi connectivity index (χ0) is 20.4. The summed E-state index contributed by atoms with van der Waals surface area (Å²) in [7, 11) is 1.51. The topological polar surface area (TPSA) is 93.0 Å². The van der Waals surface area contributed by atoms with Crippen LogP contribution in [0.15, 0.2) is 42.5 Å². The summed E-state index contributed by atoms with van der Waals surface area (Å²) in [6, 6.07) is 9.63. The fourth-order valence-corrected chi connectivity index (χ4v) is 3.32.